The maximum absolute atomic E-state index is 13.6. The monoisotopic (exact) mass is 310 g/mol. The number of halogens is 2. The van der Waals surface area contributed by atoms with Crippen LogP contribution in [-0.4, -0.2) is 31.1 Å². The lowest BCUT2D eigenvalue weighted by atomic mass is 9.95. The molecule has 0 radical (unpaired) electrons. The predicted molar refractivity (Wildman–Crippen MR) is 79.6 cm³/mol. The quantitative estimate of drug-likeness (QED) is 0.840. The molecule has 6 heteroatoms. The summed E-state index contributed by atoms with van der Waals surface area (Å²) in [6, 6.07) is 5.74. The second kappa shape index (κ2) is 4.29. The second-order valence-corrected chi connectivity index (χ2v) is 7.03. The van der Waals surface area contributed by atoms with Crippen molar-refractivity contribution in [1.29, 1.82) is 0 Å². The summed E-state index contributed by atoms with van der Waals surface area (Å²) in [4.78, 5) is 6.63. The van der Waals surface area contributed by atoms with Gasteiger partial charge in [-0.05, 0) is 31.0 Å². The summed E-state index contributed by atoms with van der Waals surface area (Å²) in [5, 5.41) is 0.847. The van der Waals surface area contributed by atoms with Crippen LogP contribution in [0.5, 0.6) is 5.75 Å². The molecule has 1 atom stereocenters. The Balaban J connectivity index is 1.64. The van der Waals surface area contributed by atoms with Gasteiger partial charge < -0.3 is 9.64 Å². The lowest BCUT2D eigenvalue weighted by molar-refractivity contribution is 0.0575. The predicted octanol–water partition coefficient (Wildman–Crippen LogP) is 3.93. The molecule has 1 unspecified atom stereocenters. The van der Waals surface area contributed by atoms with Gasteiger partial charge in [-0.15, -0.1) is 0 Å². The number of aromatic nitrogens is 1. The molecule has 21 heavy (non-hydrogen) atoms. The minimum Gasteiger partial charge on any atom is -0.497 e. The van der Waals surface area contributed by atoms with Crippen molar-refractivity contribution in [2.24, 2.45) is 5.41 Å². The number of benzene rings is 1. The van der Waals surface area contributed by atoms with Gasteiger partial charge in [0.15, 0.2) is 5.13 Å². The number of alkyl halides is 2. The molecule has 4 rings (SSSR count). The zero-order valence-corrected chi connectivity index (χ0v) is 12.6. The lowest BCUT2D eigenvalue weighted by Gasteiger charge is -2.32. The third-order valence-electron chi connectivity index (χ3n) is 4.64. The number of hydrogen-bond donors (Lipinski definition) is 0. The average molecular weight is 310 g/mol. The lowest BCUT2D eigenvalue weighted by Crippen LogP contribution is -2.39. The van der Waals surface area contributed by atoms with E-state index < -0.39 is 11.3 Å². The van der Waals surface area contributed by atoms with Gasteiger partial charge in [0.05, 0.1) is 22.7 Å². The molecule has 1 aliphatic heterocycles. The van der Waals surface area contributed by atoms with Crippen LogP contribution in [0.2, 0.25) is 0 Å². The SMILES string of the molecule is COc1ccc2nc(N3CCCC4(C3)CC4(F)F)sc2c1. The fourth-order valence-electron chi connectivity index (χ4n) is 3.27. The summed E-state index contributed by atoms with van der Waals surface area (Å²) < 4.78 is 33.5. The van der Waals surface area contributed by atoms with E-state index in [1.165, 1.54) is 0 Å². The van der Waals surface area contributed by atoms with Crippen LogP contribution in [0, 0.1) is 5.41 Å². The zero-order valence-electron chi connectivity index (χ0n) is 11.7. The number of hydrogen-bond acceptors (Lipinski definition) is 4. The molecular formula is C15H16F2N2OS. The summed E-state index contributed by atoms with van der Waals surface area (Å²) in [6.07, 6.45) is 1.49. The first-order chi connectivity index (χ1) is 10.0. The number of thiazole rings is 1. The molecule has 1 aliphatic carbocycles. The Kier molecular flexibility index (Phi) is 2.70. The molecule has 1 aromatic carbocycles. The van der Waals surface area contributed by atoms with Gasteiger partial charge >= 0.3 is 0 Å². The van der Waals surface area contributed by atoms with Crippen molar-refractivity contribution in [1.82, 2.24) is 4.98 Å². The molecule has 2 heterocycles. The highest BCUT2D eigenvalue weighted by atomic mass is 32.1. The van der Waals surface area contributed by atoms with Gasteiger partial charge in [-0.3, -0.25) is 0 Å². The Bertz CT molecular complexity index is 702. The van der Waals surface area contributed by atoms with E-state index in [9.17, 15) is 8.78 Å². The molecule has 2 aliphatic rings. The maximum Gasteiger partial charge on any atom is 0.256 e. The van der Waals surface area contributed by atoms with E-state index in [4.69, 9.17) is 4.74 Å². The van der Waals surface area contributed by atoms with Crippen molar-refractivity contribution in [2.45, 2.75) is 25.2 Å². The van der Waals surface area contributed by atoms with Crippen LogP contribution in [0.25, 0.3) is 10.2 Å². The summed E-state index contributed by atoms with van der Waals surface area (Å²) in [5.41, 5.74) is 0.110. The van der Waals surface area contributed by atoms with Crippen molar-refractivity contribution in [3.8, 4) is 5.75 Å². The second-order valence-electron chi connectivity index (χ2n) is 6.02. The van der Waals surface area contributed by atoms with E-state index in [1.54, 1.807) is 18.4 Å². The molecule has 0 bridgehead atoms. The smallest absolute Gasteiger partial charge is 0.256 e. The Hall–Kier alpha value is -1.43. The van der Waals surface area contributed by atoms with Crippen molar-refractivity contribution in [2.75, 3.05) is 25.1 Å². The highest BCUT2D eigenvalue weighted by Gasteiger charge is 2.71. The van der Waals surface area contributed by atoms with E-state index in [2.05, 4.69) is 4.98 Å². The Labute approximate surface area is 125 Å². The molecule has 0 N–H and O–H groups in total. The van der Waals surface area contributed by atoms with Gasteiger partial charge in [0.25, 0.3) is 5.92 Å². The molecule has 3 nitrogen and oxygen atoms in total. The van der Waals surface area contributed by atoms with Crippen LogP contribution in [0.3, 0.4) is 0 Å². The minimum atomic E-state index is -2.48. The van der Waals surface area contributed by atoms with Crippen molar-refractivity contribution in [3.05, 3.63) is 18.2 Å². The molecule has 1 spiro atoms. The van der Waals surface area contributed by atoms with Gasteiger partial charge in [-0.1, -0.05) is 11.3 Å². The fraction of sp³-hybridized carbons (Fsp3) is 0.533. The highest BCUT2D eigenvalue weighted by molar-refractivity contribution is 7.22. The number of piperidine rings is 1. The standard InChI is InChI=1S/C15H16F2N2OS/c1-20-10-3-4-11-12(7-10)21-13(18-11)19-6-2-5-14(9-19)8-15(14,16)17/h3-4,7H,2,5-6,8-9H2,1H3. The maximum atomic E-state index is 13.6. The van der Waals surface area contributed by atoms with Crippen LogP contribution < -0.4 is 9.64 Å². The van der Waals surface area contributed by atoms with Gasteiger partial charge in [0.1, 0.15) is 5.75 Å². The molecule has 1 saturated carbocycles. The molecule has 2 aromatic rings. The summed E-state index contributed by atoms with van der Waals surface area (Å²) in [6.45, 7) is 1.24. The van der Waals surface area contributed by atoms with E-state index in [0.717, 1.165) is 34.1 Å². The van der Waals surface area contributed by atoms with Crippen LogP contribution in [0.4, 0.5) is 13.9 Å². The highest BCUT2D eigenvalue weighted by Crippen LogP contribution is 2.64. The van der Waals surface area contributed by atoms with E-state index >= 15 is 0 Å². The number of ether oxygens (including phenoxy) is 1. The van der Waals surface area contributed by atoms with Crippen LogP contribution in [0.15, 0.2) is 18.2 Å². The Morgan fingerprint density at radius 2 is 2.19 bits per heavy atom. The third-order valence-corrected chi connectivity index (χ3v) is 5.72. The average Bonchev–Trinajstić information content (AvgIpc) is 2.85. The Morgan fingerprint density at radius 1 is 1.38 bits per heavy atom. The first-order valence-corrected chi connectivity index (χ1v) is 7.92. The topological polar surface area (TPSA) is 25.4 Å². The van der Waals surface area contributed by atoms with Crippen LogP contribution >= 0.6 is 11.3 Å². The summed E-state index contributed by atoms with van der Waals surface area (Å²) >= 11 is 1.55. The van der Waals surface area contributed by atoms with Gasteiger partial charge in [-0.25, -0.2) is 13.8 Å². The van der Waals surface area contributed by atoms with Crippen molar-refractivity contribution in [3.63, 3.8) is 0 Å². The van der Waals surface area contributed by atoms with E-state index in [1.807, 2.05) is 23.1 Å². The minimum absolute atomic E-state index is 0.0369. The number of anilines is 1. The third kappa shape index (κ3) is 1.99. The zero-order chi connectivity index (χ0) is 14.7. The van der Waals surface area contributed by atoms with Gasteiger partial charge in [0.2, 0.25) is 0 Å². The van der Waals surface area contributed by atoms with Crippen molar-refractivity contribution < 1.29 is 13.5 Å². The first kappa shape index (κ1) is 13.2. The van der Waals surface area contributed by atoms with Crippen molar-refractivity contribution >= 4 is 26.7 Å². The normalized spacial score (nSPS) is 27.3. The number of fused-ring (bicyclic) bond motifs is 1. The van der Waals surface area contributed by atoms with E-state index in [0.29, 0.717) is 13.0 Å². The number of methoxy groups -OCH3 is 1. The molecule has 0 amide bonds. The number of nitrogens with zero attached hydrogens (tertiary/aromatic N) is 2. The van der Waals surface area contributed by atoms with E-state index in [-0.39, 0.29) is 6.42 Å². The first-order valence-electron chi connectivity index (χ1n) is 7.10. The Morgan fingerprint density at radius 3 is 2.90 bits per heavy atom. The fourth-order valence-corrected chi connectivity index (χ4v) is 4.29. The molecule has 112 valence electrons. The summed E-state index contributed by atoms with van der Waals surface area (Å²) in [5.74, 6) is -1.69. The van der Waals surface area contributed by atoms with Crippen LogP contribution in [-0.2, 0) is 0 Å². The summed E-state index contributed by atoms with van der Waals surface area (Å²) in [7, 11) is 1.63. The largest absolute Gasteiger partial charge is 0.497 e. The molecule has 2 fully saturated rings. The molecule has 1 aromatic heterocycles. The molecular weight excluding hydrogens is 294 g/mol. The number of rotatable bonds is 2. The van der Waals surface area contributed by atoms with Crippen LogP contribution in [0.1, 0.15) is 19.3 Å². The van der Waals surface area contributed by atoms with Gasteiger partial charge in [-0.2, -0.15) is 0 Å². The van der Waals surface area contributed by atoms with Gasteiger partial charge in [0, 0.05) is 19.5 Å². The molecule has 1 saturated heterocycles.